The first kappa shape index (κ1) is 11.1. The Labute approximate surface area is 104 Å². The number of piperidine rings is 1. The summed E-state index contributed by atoms with van der Waals surface area (Å²) in [6.45, 7) is 7.03. The number of fused-ring (bicyclic) bond motifs is 1. The van der Waals surface area contributed by atoms with E-state index in [0.717, 1.165) is 19.0 Å². The number of hydrogen-bond acceptors (Lipinski definition) is 2. The third kappa shape index (κ3) is 2.19. The Bertz CT molecular complexity index is 392. The van der Waals surface area contributed by atoms with E-state index in [0.29, 0.717) is 0 Å². The molecule has 92 valence electrons. The number of anilines is 1. The molecule has 0 atom stereocenters. The highest BCUT2D eigenvalue weighted by atomic mass is 15.1. The maximum Gasteiger partial charge on any atom is 0.0414 e. The summed E-state index contributed by atoms with van der Waals surface area (Å²) in [5, 5.41) is 3.50. The zero-order valence-corrected chi connectivity index (χ0v) is 10.7. The maximum absolute atomic E-state index is 3.50. The molecular weight excluding hydrogens is 208 g/mol. The molecule has 2 heterocycles. The monoisotopic (exact) mass is 230 g/mol. The van der Waals surface area contributed by atoms with Crippen LogP contribution in [-0.4, -0.2) is 19.6 Å². The summed E-state index contributed by atoms with van der Waals surface area (Å²) in [6.07, 6.45) is 3.88. The fraction of sp³-hybridized carbons (Fsp3) is 0.600. The Balaban J connectivity index is 1.87. The van der Waals surface area contributed by atoms with Crippen LogP contribution in [0.1, 0.15) is 30.9 Å². The predicted octanol–water partition coefficient (Wildman–Crippen LogP) is 2.57. The summed E-state index contributed by atoms with van der Waals surface area (Å²) in [7, 11) is 0. The summed E-state index contributed by atoms with van der Waals surface area (Å²) in [5.41, 5.74) is 4.59. The normalized spacial score (nSPS) is 21.4. The lowest BCUT2D eigenvalue weighted by Crippen LogP contribution is -2.35. The summed E-state index contributed by atoms with van der Waals surface area (Å²) in [4.78, 5) is 2.59. The van der Waals surface area contributed by atoms with Crippen LogP contribution in [-0.2, 0) is 13.0 Å². The van der Waals surface area contributed by atoms with Gasteiger partial charge < -0.3 is 10.2 Å². The van der Waals surface area contributed by atoms with Crippen molar-refractivity contribution in [1.29, 1.82) is 0 Å². The fourth-order valence-electron chi connectivity index (χ4n) is 3.04. The molecule has 0 aromatic heterocycles. The van der Waals surface area contributed by atoms with Gasteiger partial charge in [-0.1, -0.05) is 19.1 Å². The average molecular weight is 230 g/mol. The number of hydrogen-bond donors (Lipinski definition) is 1. The standard InChI is InChI=1S/C15H22N2/c1-12-6-9-17(10-7-12)15-4-2-3-13-5-8-16-11-14(13)15/h2-4,12,16H,5-11H2,1H3. The molecule has 0 spiro atoms. The van der Waals surface area contributed by atoms with Gasteiger partial charge in [0, 0.05) is 25.3 Å². The van der Waals surface area contributed by atoms with Crippen LogP contribution >= 0.6 is 0 Å². The van der Waals surface area contributed by atoms with Crippen LogP contribution in [0.5, 0.6) is 0 Å². The lowest BCUT2D eigenvalue weighted by atomic mass is 9.95. The molecule has 1 saturated heterocycles. The minimum Gasteiger partial charge on any atom is -0.371 e. The number of benzene rings is 1. The molecular formula is C15H22N2. The Hall–Kier alpha value is -1.02. The smallest absolute Gasteiger partial charge is 0.0414 e. The molecule has 17 heavy (non-hydrogen) atoms. The van der Waals surface area contributed by atoms with Crippen LogP contribution in [0, 0.1) is 5.92 Å². The average Bonchev–Trinajstić information content (AvgIpc) is 2.39. The number of nitrogens with zero attached hydrogens (tertiary/aromatic N) is 1. The zero-order chi connectivity index (χ0) is 11.7. The SMILES string of the molecule is CC1CCN(c2cccc3c2CNCC3)CC1. The molecule has 3 rings (SSSR count). The van der Waals surface area contributed by atoms with E-state index < -0.39 is 0 Å². The highest BCUT2D eigenvalue weighted by Gasteiger charge is 2.20. The number of nitrogens with one attached hydrogen (secondary N) is 1. The predicted molar refractivity (Wildman–Crippen MR) is 72.5 cm³/mol. The topological polar surface area (TPSA) is 15.3 Å². The van der Waals surface area contributed by atoms with E-state index in [2.05, 4.69) is 35.3 Å². The van der Waals surface area contributed by atoms with Gasteiger partial charge in [0.25, 0.3) is 0 Å². The van der Waals surface area contributed by atoms with E-state index in [1.807, 2.05) is 0 Å². The van der Waals surface area contributed by atoms with E-state index in [9.17, 15) is 0 Å². The summed E-state index contributed by atoms with van der Waals surface area (Å²) in [6, 6.07) is 6.84. The Morgan fingerprint density at radius 2 is 2.06 bits per heavy atom. The summed E-state index contributed by atoms with van der Waals surface area (Å²) >= 11 is 0. The van der Waals surface area contributed by atoms with Crippen LogP contribution in [0.4, 0.5) is 5.69 Å². The molecule has 0 bridgehead atoms. The Morgan fingerprint density at radius 3 is 2.88 bits per heavy atom. The van der Waals surface area contributed by atoms with Crippen molar-refractivity contribution >= 4 is 5.69 Å². The Morgan fingerprint density at radius 1 is 1.24 bits per heavy atom. The molecule has 2 aliphatic rings. The van der Waals surface area contributed by atoms with Crippen molar-refractivity contribution < 1.29 is 0 Å². The second kappa shape index (κ2) is 4.69. The minimum atomic E-state index is 0.906. The molecule has 1 aromatic carbocycles. The van der Waals surface area contributed by atoms with Crippen LogP contribution < -0.4 is 10.2 Å². The van der Waals surface area contributed by atoms with Crippen molar-refractivity contribution in [2.45, 2.75) is 32.7 Å². The first-order valence-corrected chi connectivity index (χ1v) is 6.91. The van der Waals surface area contributed by atoms with E-state index >= 15 is 0 Å². The van der Waals surface area contributed by atoms with Crippen LogP contribution in [0.15, 0.2) is 18.2 Å². The molecule has 2 aliphatic heterocycles. The van der Waals surface area contributed by atoms with Gasteiger partial charge in [-0.25, -0.2) is 0 Å². The highest BCUT2D eigenvalue weighted by Crippen LogP contribution is 2.29. The van der Waals surface area contributed by atoms with Crippen molar-refractivity contribution in [2.24, 2.45) is 5.92 Å². The van der Waals surface area contributed by atoms with Gasteiger partial charge in [-0.3, -0.25) is 0 Å². The van der Waals surface area contributed by atoms with Crippen LogP contribution in [0.2, 0.25) is 0 Å². The van der Waals surface area contributed by atoms with Crippen molar-refractivity contribution in [3.63, 3.8) is 0 Å². The van der Waals surface area contributed by atoms with Gasteiger partial charge in [-0.05, 0) is 48.9 Å². The number of rotatable bonds is 1. The van der Waals surface area contributed by atoms with Crippen molar-refractivity contribution in [1.82, 2.24) is 5.32 Å². The van der Waals surface area contributed by atoms with Crippen LogP contribution in [0.3, 0.4) is 0 Å². The second-order valence-electron chi connectivity index (χ2n) is 5.51. The third-order valence-corrected chi connectivity index (χ3v) is 4.25. The van der Waals surface area contributed by atoms with Crippen molar-refractivity contribution in [3.05, 3.63) is 29.3 Å². The quantitative estimate of drug-likeness (QED) is 0.797. The highest BCUT2D eigenvalue weighted by molar-refractivity contribution is 5.57. The summed E-state index contributed by atoms with van der Waals surface area (Å²) in [5.74, 6) is 0.906. The lowest BCUT2D eigenvalue weighted by molar-refractivity contribution is 0.437. The molecule has 2 nitrogen and oxygen atoms in total. The second-order valence-corrected chi connectivity index (χ2v) is 5.51. The van der Waals surface area contributed by atoms with E-state index in [1.54, 1.807) is 11.1 Å². The largest absolute Gasteiger partial charge is 0.371 e. The zero-order valence-electron chi connectivity index (χ0n) is 10.7. The molecule has 0 amide bonds. The summed E-state index contributed by atoms with van der Waals surface area (Å²) < 4.78 is 0. The van der Waals surface area contributed by atoms with Gasteiger partial charge in [0.2, 0.25) is 0 Å². The van der Waals surface area contributed by atoms with Gasteiger partial charge in [-0.2, -0.15) is 0 Å². The van der Waals surface area contributed by atoms with E-state index in [4.69, 9.17) is 0 Å². The van der Waals surface area contributed by atoms with Gasteiger partial charge >= 0.3 is 0 Å². The molecule has 0 unspecified atom stereocenters. The molecule has 1 aromatic rings. The van der Waals surface area contributed by atoms with Gasteiger partial charge in [0.1, 0.15) is 0 Å². The maximum atomic E-state index is 3.50. The van der Waals surface area contributed by atoms with E-state index in [-0.39, 0.29) is 0 Å². The van der Waals surface area contributed by atoms with Crippen molar-refractivity contribution in [2.75, 3.05) is 24.5 Å². The van der Waals surface area contributed by atoms with Gasteiger partial charge in [0.05, 0.1) is 0 Å². The fourth-order valence-corrected chi connectivity index (χ4v) is 3.04. The van der Waals surface area contributed by atoms with Gasteiger partial charge in [0.15, 0.2) is 0 Å². The van der Waals surface area contributed by atoms with Crippen molar-refractivity contribution in [3.8, 4) is 0 Å². The molecule has 0 saturated carbocycles. The third-order valence-electron chi connectivity index (χ3n) is 4.25. The van der Waals surface area contributed by atoms with Gasteiger partial charge in [-0.15, -0.1) is 0 Å². The minimum absolute atomic E-state index is 0.906. The molecule has 1 N–H and O–H groups in total. The Kier molecular flexibility index (Phi) is 3.06. The first-order chi connectivity index (χ1) is 8.34. The van der Waals surface area contributed by atoms with Crippen LogP contribution in [0.25, 0.3) is 0 Å². The lowest BCUT2D eigenvalue weighted by Gasteiger charge is -2.35. The molecule has 1 fully saturated rings. The molecule has 0 radical (unpaired) electrons. The molecule has 2 heteroatoms. The first-order valence-electron chi connectivity index (χ1n) is 6.91. The molecule has 0 aliphatic carbocycles. The van der Waals surface area contributed by atoms with E-state index in [1.165, 1.54) is 38.0 Å².